The molecule has 0 bridgehead atoms. The fraction of sp³-hybridized carbons (Fsp3) is 0.450. The Kier molecular flexibility index (Phi) is 9.98. The van der Waals surface area contributed by atoms with Crippen molar-refractivity contribution < 1.29 is 49.0 Å². The van der Waals surface area contributed by atoms with Crippen LogP contribution in [0.1, 0.15) is 53.7 Å². The van der Waals surface area contributed by atoms with E-state index in [1.54, 1.807) is 14.0 Å². The molecule has 0 saturated carbocycles. The molecule has 0 aliphatic carbocycles. The first-order valence-electron chi connectivity index (χ1n) is 8.50. The van der Waals surface area contributed by atoms with Gasteiger partial charge < -0.3 is 18.9 Å². The summed E-state index contributed by atoms with van der Waals surface area (Å²) in [6.07, 6.45) is 3.45. The van der Waals surface area contributed by atoms with E-state index in [0.717, 1.165) is 22.3 Å². The quantitative estimate of drug-likeness (QED) is 0.227. The van der Waals surface area contributed by atoms with Gasteiger partial charge in [-0.25, -0.2) is 4.79 Å². The van der Waals surface area contributed by atoms with E-state index in [0.29, 0.717) is 36.3 Å². The minimum Gasteiger partial charge on any atom is -0.637 e. The Morgan fingerprint density at radius 1 is 1.21 bits per heavy atom. The SMILES string of the molecule is C[CH-]OC(=O)CC/C(C)=C/Cc1c(OC)c(C)c2c(c1OC)C(=O)OC2.[Re].[Rf]. The van der Waals surface area contributed by atoms with Crippen LogP contribution in [0.4, 0.5) is 0 Å². The summed E-state index contributed by atoms with van der Waals surface area (Å²) in [5, 5.41) is 0. The molecule has 0 spiro atoms. The predicted octanol–water partition coefficient (Wildman–Crippen LogP) is 3.67. The molecule has 151 valence electrons. The smallest absolute Gasteiger partial charge is 0.342 e. The van der Waals surface area contributed by atoms with Gasteiger partial charge in [-0.05, 0) is 32.3 Å². The van der Waals surface area contributed by atoms with Crippen LogP contribution < -0.4 is 9.47 Å². The second kappa shape index (κ2) is 11.1. The van der Waals surface area contributed by atoms with Gasteiger partial charge >= 0.3 is 5.97 Å². The van der Waals surface area contributed by atoms with E-state index in [9.17, 15) is 9.59 Å². The number of allylic oxidation sites excluding steroid dienone is 2. The first-order valence-corrected chi connectivity index (χ1v) is 8.50. The van der Waals surface area contributed by atoms with Crippen LogP contribution in [0.3, 0.4) is 0 Å². The molecule has 0 N–H and O–H groups in total. The van der Waals surface area contributed by atoms with E-state index in [1.807, 2.05) is 19.9 Å². The number of methoxy groups -OCH3 is 2. The van der Waals surface area contributed by atoms with Crippen molar-refractivity contribution in [3.8, 4) is 11.5 Å². The average molecular weight is 815 g/mol. The topological polar surface area (TPSA) is 71.1 Å². The van der Waals surface area contributed by atoms with Crippen LogP contribution in [0, 0.1) is 13.5 Å². The molecule has 1 aliphatic rings. The Morgan fingerprint density at radius 3 is 2.43 bits per heavy atom. The Balaban J connectivity index is 0.00000364. The monoisotopic (exact) mass is 815 g/mol. The van der Waals surface area contributed by atoms with Crippen molar-refractivity contribution in [2.75, 3.05) is 14.2 Å². The van der Waals surface area contributed by atoms with Crippen LogP contribution in [0.5, 0.6) is 11.5 Å². The molecule has 0 unspecified atom stereocenters. The van der Waals surface area contributed by atoms with Crippen molar-refractivity contribution in [3.63, 3.8) is 0 Å². The van der Waals surface area contributed by atoms with Gasteiger partial charge in [0.15, 0.2) is 0 Å². The molecule has 2 rings (SSSR count). The van der Waals surface area contributed by atoms with Gasteiger partial charge in [-0.15, -0.1) is 0 Å². The largest absolute Gasteiger partial charge is 0.637 e. The molecule has 1 aromatic carbocycles. The summed E-state index contributed by atoms with van der Waals surface area (Å²) in [6.45, 7) is 7.15. The van der Waals surface area contributed by atoms with E-state index in [4.69, 9.17) is 18.9 Å². The second-order valence-electron chi connectivity index (χ2n) is 6.08. The molecule has 0 amide bonds. The molecule has 0 atom stereocenters. The molecule has 1 radical (unpaired) electrons. The molecule has 0 fully saturated rings. The number of ether oxygens (including phenoxy) is 4. The third kappa shape index (κ3) is 5.11. The van der Waals surface area contributed by atoms with E-state index in [2.05, 4.69) is 0 Å². The molecule has 6 nitrogen and oxygen atoms in total. The van der Waals surface area contributed by atoms with Gasteiger partial charge in [0.25, 0.3) is 5.97 Å². The zero-order valence-electron chi connectivity index (χ0n) is 17.0. The number of benzene rings is 1. The third-order valence-electron chi connectivity index (χ3n) is 4.46. The molecule has 28 heavy (non-hydrogen) atoms. The summed E-state index contributed by atoms with van der Waals surface area (Å²) >= 11 is 0. The minimum absolute atomic E-state index is 0. The van der Waals surface area contributed by atoms with Crippen molar-refractivity contribution in [2.24, 2.45) is 0 Å². The Morgan fingerprint density at radius 2 is 1.86 bits per heavy atom. The molecule has 0 saturated heterocycles. The van der Waals surface area contributed by atoms with Crippen molar-refractivity contribution in [2.45, 2.75) is 46.6 Å². The van der Waals surface area contributed by atoms with Gasteiger partial charge in [0.2, 0.25) is 0 Å². The zero-order valence-corrected chi connectivity index (χ0v) is 26.1. The molecule has 1 aromatic rings. The summed E-state index contributed by atoms with van der Waals surface area (Å²) < 4.78 is 21.1. The van der Waals surface area contributed by atoms with Crippen LogP contribution in [0.25, 0.3) is 0 Å². The normalized spacial score (nSPS) is 12.3. The second-order valence-corrected chi connectivity index (χ2v) is 6.08. The van der Waals surface area contributed by atoms with E-state index < -0.39 is 0 Å². The van der Waals surface area contributed by atoms with Crippen molar-refractivity contribution in [1.29, 1.82) is 0 Å². The number of hydrogen-bond acceptors (Lipinski definition) is 6. The van der Waals surface area contributed by atoms with E-state index in [-0.39, 0.29) is 39.0 Å². The third-order valence-corrected chi connectivity index (χ3v) is 4.46. The van der Waals surface area contributed by atoms with Gasteiger partial charge in [-0.3, -0.25) is 4.79 Å². The van der Waals surface area contributed by atoms with E-state index in [1.165, 1.54) is 13.7 Å². The number of carbonyl (C=O) groups is 2. The maximum atomic E-state index is 12.1. The van der Waals surface area contributed by atoms with Crippen LogP contribution >= 0.6 is 0 Å². The molecular formula is C20H25O6ReRf-. The zero-order chi connectivity index (χ0) is 19.3. The number of hydrogen-bond donors (Lipinski definition) is 0. The summed E-state index contributed by atoms with van der Waals surface area (Å²) in [6, 6.07) is 0. The maximum Gasteiger partial charge on any atom is 0.342 e. The molecule has 1 heterocycles. The number of cyclic esters (lactones) is 1. The average Bonchev–Trinajstić information content (AvgIpc) is 3.00. The first kappa shape index (κ1) is 25.2. The van der Waals surface area contributed by atoms with Gasteiger partial charge in [0.05, 0.1) is 14.2 Å². The number of carbonyl (C=O) groups excluding carboxylic acids is 2. The van der Waals surface area contributed by atoms with Gasteiger partial charge in [-0.1, -0.05) is 11.6 Å². The van der Waals surface area contributed by atoms with Gasteiger partial charge in [-0.2, -0.15) is 13.5 Å². The predicted molar refractivity (Wildman–Crippen MR) is 96.2 cm³/mol. The summed E-state index contributed by atoms with van der Waals surface area (Å²) in [7, 11) is 3.14. The van der Waals surface area contributed by atoms with Crippen LogP contribution in [-0.2, 0) is 47.7 Å². The minimum atomic E-state index is -0.372. The maximum absolute atomic E-state index is 12.1. The van der Waals surface area contributed by atoms with Crippen LogP contribution in [0.15, 0.2) is 11.6 Å². The molecule has 0 aromatic heterocycles. The van der Waals surface area contributed by atoms with Crippen molar-refractivity contribution in [1.82, 2.24) is 0 Å². The number of fused-ring (bicyclic) bond motifs is 1. The van der Waals surface area contributed by atoms with Crippen molar-refractivity contribution in [3.05, 3.63) is 40.5 Å². The summed E-state index contributed by atoms with van der Waals surface area (Å²) in [5.41, 5.74) is 4.02. The van der Waals surface area contributed by atoms with Gasteiger partial charge in [0, 0.05) is 38.0 Å². The summed E-state index contributed by atoms with van der Waals surface area (Å²) in [4.78, 5) is 23.6. The number of rotatable bonds is 8. The number of esters is 2. The van der Waals surface area contributed by atoms with E-state index >= 15 is 0 Å². The Labute approximate surface area is 173 Å². The Bertz CT molecular complexity index is 745. The molecule has 1 aliphatic heterocycles. The Hall–Kier alpha value is -2.84. The van der Waals surface area contributed by atoms with Crippen LogP contribution in [-0.4, -0.2) is 26.2 Å². The first-order chi connectivity index (χ1) is 12.4. The standard InChI is InChI=1S/C20H25O6.Re.Rf/c1-6-25-16(21)10-8-12(2)7-9-14-18(23-4)13(3)15-11-26-20(22)17(15)19(14)24-5;;/h6-7H,8-11H2,1-5H3;;/q-1;;/b12-7+;;. The van der Waals surface area contributed by atoms with Crippen molar-refractivity contribution >= 4 is 11.9 Å². The summed E-state index contributed by atoms with van der Waals surface area (Å²) in [5.74, 6) is 0.562. The van der Waals surface area contributed by atoms with Crippen LogP contribution in [0.2, 0.25) is 0 Å². The fourth-order valence-electron chi connectivity index (χ4n) is 3.10. The molecule has 8 heteroatoms. The molecular weight excluding hydrogens is 789 g/mol. The fourth-order valence-corrected chi connectivity index (χ4v) is 3.10. The van der Waals surface area contributed by atoms with Gasteiger partial charge in [0.1, 0.15) is 23.7 Å².